The van der Waals surface area contributed by atoms with E-state index in [-0.39, 0.29) is 6.61 Å². The molecule has 1 aromatic heterocycles. The predicted octanol–water partition coefficient (Wildman–Crippen LogP) is 2.37. The highest BCUT2D eigenvalue weighted by molar-refractivity contribution is 5.24. The summed E-state index contributed by atoms with van der Waals surface area (Å²) in [7, 11) is 0. The minimum atomic E-state index is -4.27. The molecule has 1 N–H and O–H groups in total. The Morgan fingerprint density at radius 1 is 1.33 bits per heavy atom. The van der Waals surface area contributed by atoms with E-state index >= 15 is 0 Å². The lowest BCUT2D eigenvalue weighted by atomic mass is 10.1. The third-order valence-corrected chi connectivity index (χ3v) is 3.63. The van der Waals surface area contributed by atoms with Gasteiger partial charge in [0.1, 0.15) is 6.61 Å². The molecule has 4 nitrogen and oxygen atoms in total. The van der Waals surface area contributed by atoms with E-state index in [0.29, 0.717) is 12.6 Å². The number of ether oxygens (including phenoxy) is 1. The number of rotatable bonds is 8. The zero-order valence-electron chi connectivity index (χ0n) is 12.5. The molecular formula is C14H22F3N3O. The van der Waals surface area contributed by atoms with Gasteiger partial charge < -0.3 is 10.1 Å². The predicted molar refractivity (Wildman–Crippen MR) is 73.3 cm³/mol. The topological polar surface area (TPSA) is 39.1 Å². The highest BCUT2D eigenvalue weighted by Gasteiger charge is 2.27. The normalized spacial score (nSPS) is 15.7. The average Bonchev–Trinajstić information content (AvgIpc) is 3.16. The fourth-order valence-electron chi connectivity index (χ4n) is 2.34. The van der Waals surface area contributed by atoms with E-state index in [0.717, 1.165) is 24.4 Å². The summed E-state index contributed by atoms with van der Waals surface area (Å²) in [4.78, 5) is 0. The summed E-state index contributed by atoms with van der Waals surface area (Å²) >= 11 is 0. The third-order valence-electron chi connectivity index (χ3n) is 3.63. The lowest BCUT2D eigenvalue weighted by molar-refractivity contribution is -0.174. The van der Waals surface area contributed by atoms with Crippen molar-refractivity contribution in [3.63, 3.8) is 0 Å². The average molecular weight is 305 g/mol. The van der Waals surface area contributed by atoms with Gasteiger partial charge in [0.15, 0.2) is 0 Å². The maximum atomic E-state index is 12.0. The summed E-state index contributed by atoms with van der Waals surface area (Å²) < 4.78 is 42.3. The van der Waals surface area contributed by atoms with E-state index in [1.54, 1.807) is 4.68 Å². The summed E-state index contributed by atoms with van der Waals surface area (Å²) in [5, 5.41) is 7.84. The quantitative estimate of drug-likeness (QED) is 0.750. The monoisotopic (exact) mass is 305 g/mol. The summed E-state index contributed by atoms with van der Waals surface area (Å²) in [6, 6.07) is 0.677. The van der Waals surface area contributed by atoms with E-state index in [9.17, 15) is 13.2 Å². The number of nitrogens with zero attached hydrogens (tertiary/aromatic N) is 2. The van der Waals surface area contributed by atoms with Crippen LogP contribution < -0.4 is 5.32 Å². The van der Waals surface area contributed by atoms with Crippen LogP contribution in [0.25, 0.3) is 0 Å². The molecule has 120 valence electrons. The molecule has 1 fully saturated rings. The highest BCUT2D eigenvalue weighted by atomic mass is 19.4. The fraction of sp³-hybridized carbons (Fsp3) is 0.786. The number of aromatic nitrogens is 2. The van der Waals surface area contributed by atoms with Crippen molar-refractivity contribution in [2.24, 2.45) is 0 Å². The molecule has 0 aromatic carbocycles. The Labute approximate surface area is 122 Å². The summed E-state index contributed by atoms with van der Waals surface area (Å²) in [5.41, 5.74) is 3.14. The van der Waals surface area contributed by atoms with Crippen LogP contribution in [0.1, 0.15) is 29.8 Å². The van der Waals surface area contributed by atoms with Crippen molar-refractivity contribution in [3.05, 3.63) is 17.0 Å². The standard InChI is InChI=1S/C14H22F3N3O/c1-10-13(5-6-18-12-3-4-12)11(2)20(19-10)7-8-21-9-14(15,16)17/h12,18H,3-9H2,1-2H3. The minimum absolute atomic E-state index is 0.0151. The zero-order valence-corrected chi connectivity index (χ0v) is 12.5. The molecule has 0 saturated heterocycles. The van der Waals surface area contributed by atoms with Gasteiger partial charge in [0.05, 0.1) is 18.8 Å². The molecule has 0 spiro atoms. The molecule has 0 amide bonds. The summed E-state index contributed by atoms with van der Waals surface area (Å²) in [6.45, 7) is 3.97. The van der Waals surface area contributed by atoms with Crippen LogP contribution in [0, 0.1) is 13.8 Å². The number of halogens is 3. The van der Waals surface area contributed by atoms with E-state index in [1.165, 1.54) is 18.4 Å². The SMILES string of the molecule is Cc1nn(CCOCC(F)(F)F)c(C)c1CCNC1CC1. The lowest BCUT2D eigenvalue weighted by Gasteiger charge is -2.09. The second-order valence-corrected chi connectivity index (χ2v) is 5.52. The first-order valence-corrected chi connectivity index (χ1v) is 7.27. The van der Waals surface area contributed by atoms with Crippen molar-refractivity contribution in [3.8, 4) is 0 Å². The first-order chi connectivity index (χ1) is 9.87. The fourth-order valence-corrected chi connectivity index (χ4v) is 2.34. The van der Waals surface area contributed by atoms with Crippen molar-refractivity contribution in [2.45, 2.75) is 51.9 Å². The van der Waals surface area contributed by atoms with Gasteiger partial charge in [0, 0.05) is 11.7 Å². The molecule has 21 heavy (non-hydrogen) atoms. The molecule has 0 bridgehead atoms. The molecule has 0 aliphatic heterocycles. The van der Waals surface area contributed by atoms with Gasteiger partial charge in [-0.3, -0.25) is 4.68 Å². The molecule has 0 unspecified atom stereocenters. The van der Waals surface area contributed by atoms with Gasteiger partial charge in [-0.2, -0.15) is 18.3 Å². The molecule has 0 radical (unpaired) electrons. The van der Waals surface area contributed by atoms with Crippen LogP contribution in [-0.4, -0.2) is 41.8 Å². The van der Waals surface area contributed by atoms with Crippen LogP contribution in [0.5, 0.6) is 0 Å². The molecule has 1 heterocycles. The Morgan fingerprint density at radius 3 is 2.67 bits per heavy atom. The first-order valence-electron chi connectivity index (χ1n) is 7.27. The molecule has 1 saturated carbocycles. The number of alkyl halides is 3. The van der Waals surface area contributed by atoms with Gasteiger partial charge in [-0.1, -0.05) is 0 Å². The number of aryl methyl sites for hydroxylation is 1. The Balaban J connectivity index is 1.79. The zero-order chi connectivity index (χ0) is 15.5. The second kappa shape index (κ2) is 6.79. The van der Waals surface area contributed by atoms with Gasteiger partial charge in [0.25, 0.3) is 0 Å². The van der Waals surface area contributed by atoms with Crippen molar-refractivity contribution in [1.82, 2.24) is 15.1 Å². The van der Waals surface area contributed by atoms with Crippen LogP contribution >= 0.6 is 0 Å². The second-order valence-electron chi connectivity index (χ2n) is 5.52. The van der Waals surface area contributed by atoms with Gasteiger partial charge in [0.2, 0.25) is 0 Å². The largest absolute Gasteiger partial charge is 0.411 e. The van der Waals surface area contributed by atoms with E-state index in [4.69, 9.17) is 0 Å². The molecular weight excluding hydrogens is 283 g/mol. The maximum absolute atomic E-state index is 12.0. The lowest BCUT2D eigenvalue weighted by Crippen LogP contribution is -2.20. The number of hydrogen-bond donors (Lipinski definition) is 1. The van der Waals surface area contributed by atoms with E-state index < -0.39 is 12.8 Å². The molecule has 1 aliphatic carbocycles. The molecule has 0 atom stereocenters. The van der Waals surface area contributed by atoms with E-state index in [1.807, 2.05) is 13.8 Å². The van der Waals surface area contributed by atoms with Gasteiger partial charge in [-0.05, 0) is 45.2 Å². The number of hydrogen-bond acceptors (Lipinski definition) is 3. The molecule has 1 aromatic rings. The Kier molecular flexibility index (Phi) is 5.27. The Hall–Kier alpha value is -1.08. The van der Waals surface area contributed by atoms with Gasteiger partial charge in [-0.25, -0.2) is 0 Å². The third kappa shape index (κ3) is 5.32. The summed E-state index contributed by atoms with van der Waals surface area (Å²) in [5.74, 6) is 0. The smallest absolute Gasteiger partial charge is 0.370 e. The van der Waals surface area contributed by atoms with Crippen molar-refractivity contribution < 1.29 is 17.9 Å². The summed E-state index contributed by atoms with van der Waals surface area (Å²) in [6.07, 6.45) is -0.853. The maximum Gasteiger partial charge on any atom is 0.411 e. The minimum Gasteiger partial charge on any atom is -0.370 e. The number of nitrogens with one attached hydrogen (secondary N) is 1. The van der Waals surface area contributed by atoms with E-state index in [2.05, 4.69) is 15.2 Å². The Bertz CT molecular complexity index is 467. The highest BCUT2D eigenvalue weighted by Crippen LogP contribution is 2.19. The van der Waals surface area contributed by atoms with Crippen molar-refractivity contribution in [1.29, 1.82) is 0 Å². The molecule has 1 aliphatic rings. The van der Waals surface area contributed by atoms with Crippen molar-refractivity contribution in [2.75, 3.05) is 19.8 Å². The Morgan fingerprint density at radius 2 is 2.05 bits per heavy atom. The van der Waals surface area contributed by atoms with Crippen LogP contribution in [-0.2, 0) is 17.7 Å². The van der Waals surface area contributed by atoms with Crippen LogP contribution in [0.4, 0.5) is 13.2 Å². The van der Waals surface area contributed by atoms with Gasteiger partial charge in [-0.15, -0.1) is 0 Å². The molecule has 7 heteroatoms. The first kappa shape index (κ1) is 16.3. The van der Waals surface area contributed by atoms with Crippen LogP contribution in [0.2, 0.25) is 0 Å². The van der Waals surface area contributed by atoms with Crippen molar-refractivity contribution >= 4 is 0 Å². The van der Waals surface area contributed by atoms with Crippen LogP contribution in [0.3, 0.4) is 0 Å². The van der Waals surface area contributed by atoms with Gasteiger partial charge >= 0.3 is 6.18 Å². The van der Waals surface area contributed by atoms with Crippen LogP contribution in [0.15, 0.2) is 0 Å². The molecule has 2 rings (SSSR count).